The van der Waals surface area contributed by atoms with E-state index in [1.165, 1.54) is 99.8 Å². The average Bonchev–Trinajstić information content (AvgIpc) is 2.69. The fourth-order valence-corrected chi connectivity index (χ4v) is 3.68. The monoisotopic (exact) mass is 440 g/mol. The van der Waals surface area contributed by atoms with Crippen molar-refractivity contribution in [3.8, 4) is 0 Å². The Hall–Kier alpha value is -0.210. The predicted octanol–water partition coefficient (Wildman–Crippen LogP) is 4.77. The molecule has 0 aliphatic heterocycles. The molecule has 6 nitrogen and oxygen atoms in total. The molecule has 29 heavy (non-hydrogen) atoms. The molecule has 0 atom stereocenters. The van der Waals surface area contributed by atoms with Crippen LogP contribution in [-0.4, -0.2) is 78.8 Å². The minimum atomic E-state index is -5.17. The summed E-state index contributed by atoms with van der Waals surface area (Å²) >= 11 is 0. The van der Waals surface area contributed by atoms with Gasteiger partial charge in [-0.15, -0.1) is 0 Å². The molecule has 0 fully saturated rings. The smallest absolute Gasteiger partial charge is 0.0786 e. The van der Waals surface area contributed by atoms with Crippen molar-refractivity contribution >= 4 is 10.4 Å². The molecule has 0 aliphatic carbocycles. The van der Waals surface area contributed by atoms with Gasteiger partial charge in [0.05, 0.1) is 52.4 Å². The van der Waals surface area contributed by atoms with Crippen molar-refractivity contribution < 1.29 is 26.5 Å². The van der Waals surface area contributed by atoms with E-state index in [0.717, 1.165) is 0 Å². The zero-order valence-electron chi connectivity index (χ0n) is 20.8. The molecule has 0 amide bonds. The maximum absolute atomic E-state index is 8.52. The summed E-state index contributed by atoms with van der Waals surface area (Å²) in [6.45, 7) is 29.0. The molecule has 0 rings (SSSR count). The van der Waals surface area contributed by atoms with Crippen LogP contribution < -0.4 is 0 Å². The van der Waals surface area contributed by atoms with Crippen molar-refractivity contribution in [3.63, 3.8) is 0 Å². The van der Waals surface area contributed by atoms with Crippen LogP contribution in [0.25, 0.3) is 0 Å². The van der Waals surface area contributed by atoms with Crippen LogP contribution in [0.5, 0.6) is 0 Å². The highest BCUT2D eigenvalue weighted by atomic mass is 32.3. The predicted molar refractivity (Wildman–Crippen MR) is 123 cm³/mol. The van der Waals surface area contributed by atoms with Gasteiger partial charge in [-0.05, 0) is 67.2 Å². The zero-order valence-corrected chi connectivity index (χ0v) is 21.7. The summed E-state index contributed by atoms with van der Waals surface area (Å²) in [6.07, 6.45) is 8.31. The van der Waals surface area contributed by atoms with Crippen LogP contribution in [-0.2, 0) is 10.4 Å². The van der Waals surface area contributed by atoms with E-state index in [0.29, 0.717) is 0 Å². The van der Waals surface area contributed by atoms with Gasteiger partial charge in [0, 0.05) is 10.4 Å². The van der Waals surface area contributed by atoms with Crippen molar-refractivity contribution in [3.05, 3.63) is 0 Å². The molecule has 180 valence electrons. The van der Waals surface area contributed by atoms with Gasteiger partial charge in [-0.1, -0.05) is 26.7 Å². The molecule has 0 N–H and O–H groups in total. The van der Waals surface area contributed by atoms with Crippen molar-refractivity contribution in [2.45, 2.75) is 93.9 Å². The molecular weight excluding hydrogens is 388 g/mol. The Morgan fingerprint density at radius 2 is 0.724 bits per heavy atom. The van der Waals surface area contributed by atoms with Crippen molar-refractivity contribution in [2.24, 2.45) is 0 Å². The normalized spacial score (nSPS) is 11.9. The Morgan fingerprint density at radius 1 is 0.517 bits per heavy atom. The maximum atomic E-state index is 8.52. The number of quaternary nitrogens is 2. The van der Waals surface area contributed by atoms with Gasteiger partial charge in [0.15, 0.2) is 0 Å². The van der Waals surface area contributed by atoms with E-state index in [-0.39, 0.29) is 0 Å². The summed E-state index contributed by atoms with van der Waals surface area (Å²) in [4.78, 5) is 0. The third-order valence-electron chi connectivity index (χ3n) is 6.50. The quantitative estimate of drug-likeness (QED) is 0.169. The van der Waals surface area contributed by atoms with Gasteiger partial charge in [0.1, 0.15) is 0 Å². The Kier molecular flexibility index (Phi) is 22.7. The van der Waals surface area contributed by atoms with E-state index in [1.807, 2.05) is 0 Å². The first-order chi connectivity index (χ1) is 13.5. The van der Waals surface area contributed by atoms with Crippen molar-refractivity contribution in [1.82, 2.24) is 0 Å². The second kappa shape index (κ2) is 19.7. The highest BCUT2D eigenvalue weighted by Crippen LogP contribution is 2.10. The van der Waals surface area contributed by atoms with Gasteiger partial charge in [-0.25, -0.2) is 0 Å². The molecule has 0 saturated carbocycles. The Labute approximate surface area is 183 Å². The molecule has 0 aromatic rings. The second-order valence-corrected chi connectivity index (χ2v) is 8.67. The van der Waals surface area contributed by atoms with E-state index in [9.17, 15) is 0 Å². The Bertz CT molecular complexity index is 384. The van der Waals surface area contributed by atoms with Crippen LogP contribution in [0.3, 0.4) is 0 Å². The standard InChI is InChI=1S/2C11H26N.H2O4S/c2*1-5-9-10-11-12(6-2,7-3)8-4;1-5(2,3)4/h2*5-11H2,1-4H3;(H2,1,2,3,4)/q2*+1;/p-2. The topological polar surface area (TPSA) is 80.3 Å². The molecule has 0 radical (unpaired) electrons. The van der Waals surface area contributed by atoms with Gasteiger partial charge < -0.3 is 18.1 Å². The molecule has 0 aliphatic rings. The number of rotatable bonds is 14. The van der Waals surface area contributed by atoms with Crippen LogP contribution in [0.15, 0.2) is 0 Å². The maximum Gasteiger partial charge on any atom is 0.0786 e. The van der Waals surface area contributed by atoms with Gasteiger partial charge in [-0.3, -0.25) is 8.42 Å². The molecule has 0 unspecified atom stereocenters. The minimum Gasteiger partial charge on any atom is -0.759 e. The number of unbranched alkanes of at least 4 members (excludes halogenated alkanes) is 4. The van der Waals surface area contributed by atoms with Crippen LogP contribution in [0.1, 0.15) is 93.9 Å². The SMILES string of the molecule is CCCCC[N+](CC)(CC)CC.CCCCC[N+](CC)(CC)CC.O=S(=O)([O-])[O-]. The first-order valence-electron chi connectivity index (χ1n) is 11.9. The number of nitrogens with zero attached hydrogens (tertiary/aromatic N) is 2. The van der Waals surface area contributed by atoms with Crippen molar-refractivity contribution in [1.29, 1.82) is 0 Å². The molecule has 0 aromatic heterocycles. The van der Waals surface area contributed by atoms with Gasteiger partial charge in [0.2, 0.25) is 0 Å². The highest BCUT2D eigenvalue weighted by Gasteiger charge is 2.19. The molecule has 7 heteroatoms. The molecule has 0 heterocycles. The first-order valence-corrected chi connectivity index (χ1v) is 13.2. The van der Waals surface area contributed by atoms with Crippen LogP contribution >= 0.6 is 0 Å². The number of hydrogen-bond donors (Lipinski definition) is 0. The van der Waals surface area contributed by atoms with Gasteiger partial charge in [-0.2, -0.15) is 0 Å². The fraction of sp³-hybridized carbons (Fsp3) is 1.00. The summed E-state index contributed by atoms with van der Waals surface area (Å²) in [7, 11) is -5.17. The minimum absolute atomic E-state index is 1.30. The van der Waals surface area contributed by atoms with Crippen molar-refractivity contribution in [2.75, 3.05) is 52.4 Å². The summed E-state index contributed by atoms with van der Waals surface area (Å²) in [6, 6.07) is 0. The van der Waals surface area contributed by atoms with Crippen LogP contribution in [0.2, 0.25) is 0 Å². The molecule has 0 spiro atoms. The fourth-order valence-electron chi connectivity index (χ4n) is 3.68. The second-order valence-electron chi connectivity index (χ2n) is 7.85. The van der Waals surface area contributed by atoms with Gasteiger partial charge >= 0.3 is 0 Å². The molecule has 0 saturated heterocycles. The molecule has 0 bridgehead atoms. The van der Waals surface area contributed by atoms with E-state index in [1.54, 1.807) is 0 Å². The lowest BCUT2D eigenvalue weighted by Crippen LogP contribution is -2.48. The lowest BCUT2D eigenvalue weighted by molar-refractivity contribution is -0.923. The average molecular weight is 441 g/mol. The van der Waals surface area contributed by atoms with E-state index >= 15 is 0 Å². The largest absolute Gasteiger partial charge is 0.759 e. The van der Waals surface area contributed by atoms with Crippen LogP contribution in [0.4, 0.5) is 0 Å². The lowest BCUT2D eigenvalue weighted by Gasteiger charge is -2.35. The Balaban J connectivity index is -0.000000380. The van der Waals surface area contributed by atoms with E-state index < -0.39 is 10.4 Å². The van der Waals surface area contributed by atoms with Gasteiger partial charge in [0.25, 0.3) is 0 Å². The lowest BCUT2D eigenvalue weighted by atomic mass is 10.2. The summed E-state index contributed by atoms with van der Waals surface area (Å²) in [5.41, 5.74) is 0. The Morgan fingerprint density at radius 3 is 0.862 bits per heavy atom. The van der Waals surface area contributed by atoms with E-state index in [2.05, 4.69) is 55.4 Å². The summed E-state index contributed by atoms with van der Waals surface area (Å²) < 4.78 is 36.7. The highest BCUT2D eigenvalue weighted by molar-refractivity contribution is 7.79. The zero-order chi connectivity index (χ0) is 23.4. The van der Waals surface area contributed by atoms with Crippen LogP contribution in [0, 0.1) is 0 Å². The molecule has 0 aromatic carbocycles. The first kappa shape index (κ1) is 33.4. The number of hydrogen-bond acceptors (Lipinski definition) is 4. The van der Waals surface area contributed by atoms with E-state index in [4.69, 9.17) is 17.5 Å². The summed E-state index contributed by atoms with van der Waals surface area (Å²) in [5.74, 6) is 0. The third-order valence-corrected chi connectivity index (χ3v) is 6.50. The molecular formula is C22H52N2O4S. The third kappa shape index (κ3) is 20.8. The summed E-state index contributed by atoms with van der Waals surface area (Å²) in [5, 5.41) is 0.